The Morgan fingerprint density at radius 1 is 1.32 bits per heavy atom. The number of ether oxygens (including phenoxy) is 3. The molecule has 5 nitrogen and oxygen atoms in total. The van der Waals surface area contributed by atoms with Gasteiger partial charge in [0.05, 0.1) is 31.5 Å². The fourth-order valence-corrected chi connectivity index (χ4v) is 2.87. The monoisotopic (exact) mass is 307 g/mol. The summed E-state index contributed by atoms with van der Waals surface area (Å²) < 4.78 is 16.8. The molecule has 1 heterocycles. The van der Waals surface area contributed by atoms with Crippen LogP contribution in [0.2, 0.25) is 0 Å². The van der Waals surface area contributed by atoms with E-state index in [0.29, 0.717) is 23.7 Å². The molecule has 1 aliphatic rings. The molecule has 1 aromatic carbocycles. The summed E-state index contributed by atoms with van der Waals surface area (Å²) in [6, 6.07) is 5.32. The van der Waals surface area contributed by atoms with Gasteiger partial charge in [0, 0.05) is 19.6 Å². The minimum Gasteiger partial charge on any atom is -0.493 e. The fraction of sp³-hybridized carbons (Fsp3) is 0.588. The second-order valence-corrected chi connectivity index (χ2v) is 5.72. The molecule has 0 aliphatic carbocycles. The van der Waals surface area contributed by atoms with E-state index in [1.54, 1.807) is 25.3 Å². The second-order valence-electron chi connectivity index (χ2n) is 5.72. The van der Waals surface area contributed by atoms with E-state index in [2.05, 4.69) is 18.7 Å². The first-order valence-corrected chi connectivity index (χ1v) is 7.76. The number of carbonyl (C=O) groups excluding carboxylic acids is 1. The molecule has 0 spiro atoms. The van der Waals surface area contributed by atoms with Crippen LogP contribution in [0, 0.1) is 0 Å². The number of para-hydroxylation sites is 1. The molecule has 122 valence electrons. The van der Waals surface area contributed by atoms with Crippen LogP contribution in [0.5, 0.6) is 11.5 Å². The van der Waals surface area contributed by atoms with Crippen molar-refractivity contribution in [2.24, 2.45) is 0 Å². The van der Waals surface area contributed by atoms with Crippen molar-refractivity contribution < 1.29 is 19.0 Å². The predicted octanol–water partition coefficient (Wildman–Crippen LogP) is 2.39. The van der Waals surface area contributed by atoms with E-state index in [9.17, 15) is 4.79 Å². The van der Waals surface area contributed by atoms with E-state index in [-0.39, 0.29) is 12.2 Å². The van der Waals surface area contributed by atoms with Crippen LogP contribution in [0.3, 0.4) is 0 Å². The Labute approximate surface area is 132 Å². The standard InChI is InChI=1S/C17H25NO4/c1-13-10-18(11-14(2)22-13)8-5-9-21-17-15(12-19)6-4-7-16(17)20-3/h4,6-7,12-14H,5,8-11H2,1-3H3. The molecule has 22 heavy (non-hydrogen) atoms. The van der Waals surface area contributed by atoms with Gasteiger partial charge in [-0.1, -0.05) is 6.07 Å². The second kappa shape index (κ2) is 8.15. The number of aldehydes is 1. The molecule has 1 aliphatic heterocycles. The number of rotatable bonds is 7. The molecule has 0 saturated carbocycles. The molecular weight excluding hydrogens is 282 g/mol. The lowest BCUT2D eigenvalue weighted by molar-refractivity contribution is -0.0686. The van der Waals surface area contributed by atoms with Crippen molar-refractivity contribution in [3.05, 3.63) is 23.8 Å². The van der Waals surface area contributed by atoms with Gasteiger partial charge in [-0.25, -0.2) is 0 Å². The highest BCUT2D eigenvalue weighted by atomic mass is 16.5. The molecule has 0 N–H and O–H groups in total. The van der Waals surface area contributed by atoms with Gasteiger partial charge in [0.2, 0.25) is 0 Å². The molecular formula is C17H25NO4. The highest BCUT2D eigenvalue weighted by molar-refractivity contribution is 5.81. The van der Waals surface area contributed by atoms with E-state index in [4.69, 9.17) is 14.2 Å². The van der Waals surface area contributed by atoms with Crippen molar-refractivity contribution in [3.63, 3.8) is 0 Å². The van der Waals surface area contributed by atoms with Gasteiger partial charge >= 0.3 is 0 Å². The Morgan fingerprint density at radius 2 is 2.05 bits per heavy atom. The van der Waals surface area contributed by atoms with Crippen LogP contribution in [-0.4, -0.2) is 56.7 Å². The smallest absolute Gasteiger partial charge is 0.171 e. The maximum absolute atomic E-state index is 11.1. The molecule has 2 rings (SSSR count). The Bertz CT molecular complexity index is 482. The summed E-state index contributed by atoms with van der Waals surface area (Å²) >= 11 is 0. The average Bonchev–Trinajstić information content (AvgIpc) is 2.50. The molecule has 0 aromatic heterocycles. The number of methoxy groups -OCH3 is 1. The highest BCUT2D eigenvalue weighted by Crippen LogP contribution is 2.30. The van der Waals surface area contributed by atoms with Crippen LogP contribution in [-0.2, 0) is 4.74 Å². The van der Waals surface area contributed by atoms with Gasteiger partial charge in [-0.15, -0.1) is 0 Å². The lowest BCUT2D eigenvalue weighted by atomic mass is 10.2. The summed E-state index contributed by atoms with van der Waals surface area (Å²) in [4.78, 5) is 13.5. The largest absolute Gasteiger partial charge is 0.493 e. The highest BCUT2D eigenvalue weighted by Gasteiger charge is 2.21. The first kappa shape index (κ1) is 16.8. The van der Waals surface area contributed by atoms with Crippen molar-refractivity contribution >= 4 is 6.29 Å². The minimum atomic E-state index is 0.278. The quantitative estimate of drug-likeness (QED) is 0.572. The maximum Gasteiger partial charge on any atom is 0.171 e. The Kier molecular flexibility index (Phi) is 6.21. The number of nitrogens with zero attached hydrogens (tertiary/aromatic N) is 1. The third kappa shape index (κ3) is 4.45. The van der Waals surface area contributed by atoms with Crippen molar-refractivity contribution in [1.82, 2.24) is 4.90 Å². The molecule has 5 heteroatoms. The summed E-state index contributed by atoms with van der Waals surface area (Å²) in [6.07, 6.45) is 2.25. The van der Waals surface area contributed by atoms with E-state index >= 15 is 0 Å². The Morgan fingerprint density at radius 3 is 2.68 bits per heavy atom. The molecule has 2 atom stereocenters. The van der Waals surface area contributed by atoms with Gasteiger partial charge in [0.15, 0.2) is 17.8 Å². The molecule has 2 unspecified atom stereocenters. The lowest BCUT2D eigenvalue weighted by Crippen LogP contribution is -2.45. The van der Waals surface area contributed by atoms with Gasteiger partial charge in [-0.05, 0) is 32.4 Å². The van der Waals surface area contributed by atoms with Gasteiger partial charge in [-0.3, -0.25) is 9.69 Å². The van der Waals surface area contributed by atoms with Crippen molar-refractivity contribution in [2.75, 3.05) is 33.4 Å². The topological polar surface area (TPSA) is 48.0 Å². The van der Waals surface area contributed by atoms with Gasteiger partial charge in [0.25, 0.3) is 0 Å². The number of hydrogen-bond donors (Lipinski definition) is 0. The summed E-state index contributed by atoms with van der Waals surface area (Å²) in [5.74, 6) is 1.13. The van der Waals surface area contributed by atoms with Crippen LogP contribution in [0.1, 0.15) is 30.6 Å². The number of benzene rings is 1. The maximum atomic E-state index is 11.1. The summed E-state index contributed by atoms with van der Waals surface area (Å²) in [6.45, 7) is 7.64. The number of morpholine rings is 1. The van der Waals surface area contributed by atoms with Gasteiger partial charge in [0.1, 0.15) is 0 Å². The first-order valence-electron chi connectivity index (χ1n) is 7.76. The van der Waals surface area contributed by atoms with E-state index in [1.807, 2.05) is 0 Å². The van der Waals surface area contributed by atoms with Crippen LogP contribution in [0.15, 0.2) is 18.2 Å². The Hall–Kier alpha value is -1.59. The number of hydrogen-bond acceptors (Lipinski definition) is 5. The van der Waals surface area contributed by atoms with Crippen LogP contribution in [0.25, 0.3) is 0 Å². The van der Waals surface area contributed by atoms with E-state index in [1.165, 1.54) is 0 Å². The fourth-order valence-electron chi connectivity index (χ4n) is 2.87. The molecule has 0 radical (unpaired) electrons. The van der Waals surface area contributed by atoms with E-state index < -0.39 is 0 Å². The van der Waals surface area contributed by atoms with Crippen molar-refractivity contribution in [2.45, 2.75) is 32.5 Å². The summed E-state index contributed by atoms with van der Waals surface area (Å²) in [5.41, 5.74) is 0.521. The van der Waals surface area contributed by atoms with Gasteiger partial charge in [-0.2, -0.15) is 0 Å². The van der Waals surface area contributed by atoms with Crippen molar-refractivity contribution in [3.8, 4) is 11.5 Å². The average molecular weight is 307 g/mol. The lowest BCUT2D eigenvalue weighted by Gasteiger charge is -2.35. The van der Waals surface area contributed by atoms with Crippen LogP contribution < -0.4 is 9.47 Å². The molecule has 1 fully saturated rings. The molecule has 1 saturated heterocycles. The summed E-state index contributed by atoms with van der Waals surface area (Å²) in [7, 11) is 1.58. The Balaban J connectivity index is 1.83. The molecule has 0 bridgehead atoms. The molecule has 1 aromatic rings. The SMILES string of the molecule is COc1cccc(C=O)c1OCCCN1CC(C)OC(C)C1. The van der Waals surface area contributed by atoms with Crippen LogP contribution >= 0.6 is 0 Å². The minimum absolute atomic E-state index is 0.278. The number of carbonyl (C=O) groups is 1. The zero-order valence-electron chi connectivity index (χ0n) is 13.6. The zero-order valence-corrected chi connectivity index (χ0v) is 13.6. The third-order valence-electron chi connectivity index (χ3n) is 3.72. The third-order valence-corrected chi connectivity index (χ3v) is 3.72. The predicted molar refractivity (Wildman–Crippen MR) is 84.9 cm³/mol. The normalized spacial score (nSPS) is 22.3. The van der Waals surface area contributed by atoms with Crippen molar-refractivity contribution in [1.29, 1.82) is 0 Å². The summed E-state index contributed by atoms with van der Waals surface area (Å²) in [5, 5.41) is 0. The van der Waals surface area contributed by atoms with E-state index in [0.717, 1.165) is 32.3 Å². The van der Waals surface area contributed by atoms with Gasteiger partial charge < -0.3 is 14.2 Å². The zero-order chi connectivity index (χ0) is 15.9. The van der Waals surface area contributed by atoms with Crippen LogP contribution in [0.4, 0.5) is 0 Å². The molecule has 0 amide bonds. The first-order chi connectivity index (χ1) is 10.6.